The summed E-state index contributed by atoms with van der Waals surface area (Å²) in [7, 11) is 1.55. The maximum atomic E-state index is 11.3. The van der Waals surface area contributed by atoms with Gasteiger partial charge in [0.15, 0.2) is 0 Å². The summed E-state index contributed by atoms with van der Waals surface area (Å²) in [5.74, 6) is 0.340. The summed E-state index contributed by atoms with van der Waals surface area (Å²) in [6.45, 7) is 4.05. The lowest BCUT2D eigenvalue weighted by molar-refractivity contribution is -0.142. The number of hydrogen-bond acceptors (Lipinski definition) is 3. The highest BCUT2D eigenvalue weighted by atomic mass is 35.5. The van der Waals surface area contributed by atoms with Crippen LogP contribution < -0.4 is 4.74 Å². The van der Waals surface area contributed by atoms with Crippen molar-refractivity contribution in [2.45, 2.75) is 20.3 Å². The quantitative estimate of drug-likeness (QED) is 0.762. The summed E-state index contributed by atoms with van der Waals surface area (Å²) in [6.07, 6.45) is 0.238. The second-order valence-electron chi connectivity index (χ2n) is 3.41. The number of methoxy groups -OCH3 is 1. The molecule has 0 fully saturated rings. The lowest BCUT2D eigenvalue weighted by atomic mass is 10.1. The van der Waals surface area contributed by atoms with E-state index in [9.17, 15) is 4.79 Å². The predicted molar refractivity (Wildman–Crippen MR) is 63.1 cm³/mol. The second kappa shape index (κ2) is 5.75. The van der Waals surface area contributed by atoms with Crippen LogP contribution in [0.15, 0.2) is 12.1 Å². The molecule has 16 heavy (non-hydrogen) atoms. The van der Waals surface area contributed by atoms with Crippen molar-refractivity contribution in [3.05, 3.63) is 28.3 Å². The number of benzene rings is 1. The smallest absolute Gasteiger partial charge is 0.310 e. The Kier molecular flexibility index (Phi) is 4.62. The number of rotatable bonds is 4. The van der Waals surface area contributed by atoms with E-state index in [0.29, 0.717) is 17.4 Å². The van der Waals surface area contributed by atoms with Gasteiger partial charge >= 0.3 is 5.97 Å². The molecule has 3 nitrogen and oxygen atoms in total. The van der Waals surface area contributed by atoms with Crippen LogP contribution in [0.4, 0.5) is 0 Å². The maximum absolute atomic E-state index is 11.3. The normalized spacial score (nSPS) is 10.0. The molecule has 0 aromatic heterocycles. The summed E-state index contributed by atoms with van der Waals surface area (Å²) in [5.41, 5.74) is 1.73. The van der Waals surface area contributed by atoms with E-state index < -0.39 is 0 Å². The minimum atomic E-state index is -0.244. The van der Waals surface area contributed by atoms with Gasteiger partial charge in [-0.15, -0.1) is 0 Å². The van der Waals surface area contributed by atoms with Crippen LogP contribution in [0.2, 0.25) is 5.02 Å². The molecule has 88 valence electrons. The summed E-state index contributed by atoms with van der Waals surface area (Å²) in [4.78, 5) is 11.3. The van der Waals surface area contributed by atoms with Crippen molar-refractivity contribution in [3.63, 3.8) is 0 Å². The molecule has 1 aromatic carbocycles. The zero-order valence-corrected chi connectivity index (χ0v) is 10.4. The molecule has 1 aromatic rings. The van der Waals surface area contributed by atoms with Crippen LogP contribution in [0.1, 0.15) is 18.1 Å². The molecule has 0 aliphatic heterocycles. The number of carbonyl (C=O) groups is 1. The Morgan fingerprint density at radius 2 is 2.12 bits per heavy atom. The third-order valence-corrected chi connectivity index (χ3v) is 2.64. The highest BCUT2D eigenvalue weighted by Crippen LogP contribution is 2.29. The first-order valence-electron chi connectivity index (χ1n) is 5.07. The first-order valence-corrected chi connectivity index (χ1v) is 5.45. The predicted octanol–water partition coefficient (Wildman–Crippen LogP) is 2.76. The Hall–Kier alpha value is -1.22. The topological polar surface area (TPSA) is 35.5 Å². The molecule has 0 amide bonds. The largest absolute Gasteiger partial charge is 0.495 e. The number of hydrogen-bond donors (Lipinski definition) is 0. The number of ether oxygens (including phenoxy) is 2. The van der Waals surface area contributed by atoms with Gasteiger partial charge in [-0.25, -0.2) is 0 Å². The molecule has 0 aliphatic carbocycles. The molecule has 0 saturated heterocycles. The van der Waals surface area contributed by atoms with E-state index in [0.717, 1.165) is 11.1 Å². The number of aryl methyl sites for hydroxylation is 1. The maximum Gasteiger partial charge on any atom is 0.310 e. The van der Waals surface area contributed by atoms with Crippen molar-refractivity contribution >= 4 is 17.6 Å². The van der Waals surface area contributed by atoms with E-state index in [-0.39, 0.29) is 12.4 Å². The molecule has 0 N–H and O–H groups in total. The molecule has 0 radical (unpaired) electrons. The fourth-order valence-corrected chi connectivity index (χ4v) is 1.62. The fourth-order valence-electron chi connectivity index (χ4n) is 1.44. The van der Waals surface area contributed by atoms with Crippen molar-refractivity contribution in [1.29, 1.82) is 0 Å². The van der Waals surface area contributed by atoms with E-state index in [4.69, 9.17) is 21.1 Å². The standard InChI is InChI=1S/C12H15ClO3/c1-4-16-11(14)7-9-5-8(2)12(13)10(6-9)15-3/h5-6H,4,7H2,1-3H3. The SMILES string of the molecule is CCOC(=O)Cc1cc(C)c(Cl)c(OC)c1. The monoisotopic (exact) mass is 242 g/mol. The van der Waals surface area contributed by atoms with Crippen molar-refractivity contribution in [2.75, 3.05) is 13.7 Å². The molecule has 0 spiro atoms. The Balaban J connectivity index is 2.89. The Morgan fingerprint density at radius 3 is 2.69 bits per heavy atom. The lowest BCUT2D eigenvalue weighted by Crippen LogP contribution is -2.07. The fraction of sp³-hybridized carbons (Fsp3) is 0.417. The van der Waals surface area contributed by atoms with Gasteiger partial charge in [-0.3, -0.25) is 4.79 Å². The van der Waals surface area contributed by atoms with Crippen molar-refractivity contribution in [2.24, 2.45) is 0 Å². The Morgan fingerprint density at radius 1 is 1.44 bits per heavy atom. The molecular weight excluding hydrogens is 228 g/mol. The van der Waals surface area contributed by atoms with Gasteiger partial charge in [-0.2, -0.15) is 0 Å². The zero-order valence-electron chi connectivity index (χ0n) is 9.67. The third kappa shape index (κ3) is 3.14. The van der Waals surface area contributed by atoms with Crippen LogP contribution in [0.3, 0.4) is 0 Å². The average Bonchev–Trinajstić information content (AvgIpc) is 2.23. The van der Waals surface area contributed by atoms with Crippen LogP contribution in [0.5, 0.6) is 5.75 Å². The van der Waals surface area contributed by atoms with E-state index >= 15 is 0 Å². The average molecular weight is 243 g/mol. The van der Waals surface area contributed by atoms with Gasteiger partial charge in [0.2, 0.25) is 0 Å². The lowest BCUT2D eigenvalue weighted by Gasteiger charge is -2.09. The summed E-state index contributed by atoms with van der Waals surface area (Å²) >= 11 is 6.02. The van der Waals surface area contributed by atoms with Gasteiger partial charge in [-0.1, -0.05) is 17.7 Å². The molecule has 1 rings (SSSR count). The Bertz CT molecular complexity index is 388. The van der Waals surface area contributed by atoms with Gasteiger partial charge in [0, 0.05) is 0 Å². The highest BCUT2D eigenvalue weighted by Gasteiger charge is 2.10. The van der Waals surface area contributed by atoms with Crippen molar-refractivity contribution in [3.8, 4) is 5.75 Å². The van der Waals surface area contributed by atoms with Gasteiger partial charge < -0.3 is 9.47 Å². The molecule has 0 unspecified atom stereocenters. The van der Waals surface area contributed by atoms with Crippen LogP contribution in [0, 0.1) is 6.92 Å². The van der Waals surface area contributed by atoms with Gasteiger partial charge in [0.05, 0.1) is 25.2 Å². The van der Waals surface area contributed by atoms with Gasteiger partial charge in [0.25, 0.3) is 0 Å². The van der Waals surface area contributed by atoms with Crippen LogP contribution in [-0.4, -0.2) is 19.7 Å². The van der Waals surface area contributed by atoms with Crippen LogP contribution in [-0.2, 0) is 16.0 Å². The van der Waals surface area contributed by atoms with Crippen molar-refractivity contribution < 1.29 is 14.3 Å². The number of halogens is 1. The molecule has 0 bridgehead atoms. The zero-order chi connectivity index (χ0) is 12.1. The number of esters is 1. The molecular formula is C12H15ClO3. The first kappa shape index (κ1) is 12.8. The van der Waals surface area contributed by atoms with E-state index in [2.05, 4.69) is 0 Å². The van der Waals surface area contributed by atoms with Gasteiger partial charge in [0.1, 0.15) is 5.75 Å². The molecule has 4 heteroatoms. The van der Waals surface area contributed by atoms with E-state index in [1.807, 2.05) is 13.0 Å². The Labute approximate surface area is 100 Å². The minimum Gasteiger partial charge on any atom is -0.495 e. The molecule has 0 aliphatic rings. The van der Waals surface area contributed by atoms with Crippen molar-refractivity contribution in [1.82, 2.24) is 0 Å². The number of carbonyl (C=O) groups excluding carboxylic acids is 1. The summed E-state index contributed by atoms with van der Waals surface area (Å²) in [5, 5.41) is 0.579. The third-order valence-electron chi connectivity index (χ3n) is 2.15. The van der Waals surface area contributed by atoms with E-state index in [1.165, 1.54) is 0 Å². The summed E-state index contributed by atoms with van der Waals surface area (Å²) < 4.78 is 10.0. The molecule has 0 heterocycles. The molecule has 0 atom stereocenters. The van der Waals surface area contributed by atoms with Crippen LogP contribution in [0.25, 0.3) is 0 Å². The second-order valence-corrected chi connectivity index (χ2v) is 3.79. The van der Waals surface area contributed by atoms with Crippen LogP contribution >= 0.6 is 11.6 Å². The van der Waals surface area contributed by atoms with Gasteiger partial charge in [-0.05, 0) is 31.0 Å². The van der Waals surface area contributed by atoms with E-state index in [1.54, 1.807) is 20.1 Å². The summed E-state index contributed by atoms with van der Waals surface area (Å²) in [6, 6.07) is 3.62. The minimum absolute atomic E-state index is 0.238. The highest BCUT2D eigenvalue weighted by molar-refractivity contribution is 6.32. The first-order chi connectivity index (χ1) is 7.58. The molecule has 0 saturated carbocycles.